The van der Waals surface area contributed by atoms with Crippen molar-refractivity contribution < 1.29 is 19.1 Å². The lowest BCUT2D eigenvalue weighted by atomic mass is 10.3. The molecular weight excluding hydrogens is 162 g/mol. The molecule has 66 valence electrons. The molecule has 2 aliphatic rings. The topological polar surface area (TPSA) is 64.6 Å². The summed E-state index contributed by atoms with van der Waals surface area (Å²) in [6.07, 6.45) is -0.188. The first-order valence-corrected chi connectivity index (χ1v) is 3.87. The second kappa shape index (κ2) is 2.12. The molecule has 1 saturated carbocycles. The van der Waals surface area contributed by atoms with Gasteiger partial charge in [-0.25, -0.2) is 4.79 Å². The maximum atomic E-state index is 11.1. The minimum Gasteiger partial charge on any atom is -0.390 e. The normalized spacial score (nSPS) is 28.4. The molecule has 12 heavy (non-hydrogen) atoms. The summed E-state index contributed by atoms with van der Waals surface area (Å²) >= 11 is 0. The number of carbonyl (C=O) groups is 2. The van der Waals surface area contributed by atoms with Crippen molar-refractivity contribution in [3.8, 4) is 0 Å². The van der Waals surface area contributed by atoms with Crippen molar-refractivity contribution in [3.05, 3.63) is 0 Å². The number of carbonyl (C=O) groups excluding carboxylic acids is 2. The fourth-order valence-corrected chi connectivity index (χ4v) is 1.33. The van der Waals surface area contributed by atoms with Crippen LogP contribution in [0.1, 0.15) is 13.3 Å². The summed E-state index contributed by atoms with van der Waals surface area (Å²) in [5.74, 6) is -1.28. The lowest BCUT2D eigenvalue weighted by molar-refractivity contribution is -0.214. The van der Waals surface area contributed by atoms with E-state index in [9.17, 15) is 9.59 Å². The van der Waals surface area contributed by atoms with E-state index in [1.165, 1.54) is 0 Å². The number of hydrogen-bond donors (Lipinski definition) is 1. The van der Waals surface area contributed by atoms with Crippen LogP contribution in [0, 0.1) is 5.92 Å². The highest BCUT2D eigenvalue weighted by Crippen LogP contribution is 2.53. The quantitative estimate of drug-likeness (QED) is 0.594. The summed E-state index contributed by atoms with van der Waals surface area (Å²) in [6, 6.07) is 0. The predicted octanol–water partition coefficient (Wildman–Crippen LogP) is 0.00550. The lowest BCUT2D eigenvalue weighted by Crippen LogP contribution is -2.42. The van der Waals surface area contributed by atoms with Gasteiger partial charge in [-0.1, -0.05) is 0 Å². The van der Waals surface area contributed by atoms with Gasteiger partial charge in [0.15, 0.2) is 0 Å². The number of nitrogens with one attached hydrogen (secondary N) is 1. The number of ether oxygens (including phenoxy) is 2. The Balaban J connectivity index is 1.87. The van der Waals surface area contributed by atoms with Gasteiger partial charge in [0.2, 0.25) is 5.91 Å². The Morgan fingerprint density at radius 2 is 2.42 bits per heavy atom. The van der Waals surface area contributed by atoms with Gasteiger partial charge in [-0.15, -0.1) is 0 Å². The molecule has 0 aromatic carbocycles. The summed E-state index contributed by atoms with van der Waals surface area (Å²) in [5, 5.41) is 2.64. The SMILES string of the molecule is CCNC(=O)C1CC12OC(=O)O2. The maximum absolute atomic E-state index is 11.1. The molecule has 1 aliphatic heterocycles. The Morgan fingerprint density at radius 1 is 1.75 bits per heavy atom. The zero-order chi connectivity index (χ0) is 8.77. The van der Waals surface area contributed by atoms with E-state index < -0.39 is 11.9 Å². The molecule has 1 spiro atoms. The van der Waals surface area contributed by atoms with Gasteiger partial charge < -0.3 is 14.8 Å². The molecule has 2 rings (SSSR count). The summed E-state index contributed by atoms with van der Waals surface area (Å²) in [4.78, 5) is 21.4. The van der Waals surface area contributed by atoms with E-state index in [4.69, 9.17) is 9.47 Å². The van der Waals surface area contributed by atoms with Crippen LogP contribution < -0.4 is 5.32 Å². The molecular formula is C7H9NO4. The summed E-state index contributed by atoms with van der Waals surface area (Å²) < 4.78 is 9.39. The Hall–Kier alpha value is -1.26. The van der Waals surface area contributed by atoms with E-state index in [0.29, 0.717) is 13.0 Å². The van der Waals surface area contributed by atoms with Crippen LogP contribution in [0.15, 0.2) is 0 Å². The van der Waals surface area contributed by atoms with Crippen molar-refractivity contribution in [3.63, 3.8) is 0 Å². The number of rotatable bonds is 2. The minimum absolute atomic E-state index is 0.106. The van der Waals surface area contributed by atoms with Gasteiger partial charge >= 0.3 is 6.16 Å². The fourth-order valence-electron chi connectivity index (χ4n) is 1.33. The first kappa shape index (κ1) is 7.39. The van der Waals surface area contributed by atoms with Gasteiger partial charge in [-0.3, -0.25) is 4.79 Å². The van der Waals surface area contributed by atoms with Crippen molar-refractivity contribution in [2.75, 3.05) is 6.54 Å². The molecule has 1 heterocycles. The van der Waals surface area contributed by atoms with E-state index in [2.05, 4.69) is 5.32 Å². The molecule has 5 heteroatoms. The van der Waals surface area contributed by atoms with Gasteiger partial charge in [0.25, 0.3) is 5.79 Å². The Bertz CT molecular complexity index is 242. The smallest absolute Gasteiger partial charge is 0.390 e. The maximum Gasteiger partial charge on any atom is 0.514 e. The van der Waals surface area contributed by atoms with Gasteiger partial charge in [0, 0.05) is 13.0 Å². The number of hydrogen-bond acceptors (Lipinski definition) is 4. The summed E-state index contributed by atoms with van der Waals surface area (Å²) in [7, 11) is 0. The van der Waals surface area contributed by atoms with Crippen LogP contribution in [-0.2, 0) is 14.3 Å². The third-order valence-corrected chi connectivity index (χ3v) is 2.04. The van der Waals surface area contributed by atoms with Gasteiger partial charge in [0.1, 0.15) is 5.92 Å². The average Bonchev–Trinajstić information content (AvgIpc) is 2.63. The highest BCUT2D eigenvalue weighted by molar-refractivity contribution is 5.85. The molecule has 1 aliphatic carbocycles. The van der Waals surface area contributed by atoms with E-state index >= 15 is 0 Å². The lowest BCUT2D eigenvalue weighted by Gasteiger charge is -2.26. The Kier molecular flexibility index (Phi) is 1.31. The van der Waals surface area contributed by atoms with Crippen molar-refractivity contribution in [1.29, 1.82) is 0 Å². The van der Waals surface area contributed by atoms with E-state index in [1.807, 2.05) is 6.92 Å². The average molecular weight is 171 g/mol. The first-order valence-electron chi connectivity index (χ1n) is 3.87. The monoisotopic (exact) mass is 171 g/mol. The highest BCUT2D eigenvalue weighted by Gasteiger charge is 2.72. The fraction of sp³-hybridized carbons (Fsp3) is 0.714. The molecule has 0 aromatic rings. The second-order valence-electron chi connectivity index (χ2n) is 2.92. The van der Waals surface area contributed by atoms with Crippen LogP contribution in [0.3, 0.4) is 0 Å². The van der Waals surface area contributed by atoms with Crippen molar-refractivity contribution >= 4 is 12.1 Å². The molecule has 1 N–H and O–H groups in total. The summed E-state index contributed by atoms with van der Waals surface area (Å²) in [5.41, 5.74) is 0. The third-order valence-electron chi connectivity index (χ3n) is 2.04. The zero-order valence-electron chi connectivity index (χ0n) is 6.62. The molecule has 1 amide bonds. The van der Waals surface area contributed by atoms with Crippen LogP contribution in [0.4, 0.5) is 4.79 Å². The van der Waals surface area contributed by atoms with Crippen LogP contribution in [0.5, 0.6) is 0 Å². The van der Waals surface area contributed by atoms with E-state index in [0.717, 1.165) is 0 Å². The highest BCUT2D eigenvalue weighted by atomic mass is 16.9. The molecule has 0 aromatic heterocycles. The molecule has 2 fully saturated rings. The second-order valence-corrected chi connectivity index (χ2v) is 2.92. The van der Waals surface area contributed by atoms with Crippen LogP contribution >= 0.6 is 0 Å². The third kappa shape index (κ3) is 0.855. The predicted molar refractivity (Wildman–Crippen MR) is 37.1 cm³/mol. The van der Waals surface area contributed by atoms with Crippen molar-refractivity contribution in [1.82, 2.24) is 5.32 Å². The van der Waals surface area contributed by atoms with Gasteiger partial charge in [0.05, 0.1) is 0 Å². The molecule has 1 atom stereocenters. The van der Waals surface area contributed by atoms with Crippen LogP contribution in [0.2, 0.25) is 0 Å². The molecule has 5 nitrogen and oxygen atoms in total. The van der Waals surface area contributed by atoms with E-state index in [1.54, 1.807) is 0 Å². The van der Waals surface area contributed by atoms with Crippen molar-refractivity contribution in [2.24, 2.45) is 5.92 Å². The summed E-state index contributed by atoms with van der Waals surface area (Å²) in [6.45, 7) is 2.42. The zero-order valence-corrected chi connectivity index (χ0v) is 6.62. The Morgan fingerprint density at radius 3 is 2.92 bits per heavy atom. The van der Waals surface area contributed by atoms with Crippen LogP contribution in [-0.4, -0.2) is 24.4 Å². The van der Waals surface area contributed by atoms with Crippen molar-refractivity contribution in [2.45, 2.75) is 19.1 Å². The first-order chi connectivity index (χ1) is 5.68. The van der Waals surface area contributed by atoms with Gasteiger partial charge in [-0.2, -0.15) is 0 Å². The largest absolute Gasteiger partial charge is 0.514 e. The molecule has 1 saturated heterocycles. The van der Waals surface area contributed by atoms with Crippen LogP contribution in [0.25, 0.3) is 0 Å². The molecule has 0 bridgehead atoms. The standard InChI is InChI=1S/C7H9NO4/c1-2-8-5(9)4-3-7(4)11-6(10)12-7/h4H,2-3H2,1H3,(H,8,9). The van der Waals surface area contributed by atoms with E-state index in [-0.39, 0.29) is 11.8 Å². The minimum atomic E-state index is -0.879. The molecule has 0 radical (unpaired) electrons. The number of amides is 1. The molecule has 1 unspecified atom stereocenters. The van der Waals surface area contributed by atoms with Gasteiger partial charge in [-0.05, 0) is 6.92 Å². The Labute approximate surface area is 69.0 Å².